The number of nitrogens with zero attached hydrogens (tertiary/aromatic N) is 1. The molecule has 20 heavy (non-hydrogen) atoms. The molecule has 4 heteroatoms. The van der Waals surface area contributed by atoms with E-state index < -0.39 is 6.10 Å². The molecule has 1 amide bonds. The number of Topliss-reactive ketones (excluding diaryl/α,β-unsaturated/α-hetero) is 1. The first-order valence-electron chi connectivity index (χ1n) is 7.07. The van der Waals surface area contributed by atoms with Crippen LogP contribution < -0.4 is 9.64 Å². The van der Waals surface area contributed by atoms with Crippen molar-refractivity contribution in [2.45, 2.75) is 39.7 Å². The first-order chi connectivity index (χ1) is 9.45. The van der Waals surface area contributed by atoms with E-state index in [4.69, 9.17) is 4.74 Å². The number of anilines is 1. The second-order valence-electron chi connectivity index (χ2n) is 5.54. The predicted molar refractivity (Wildman–Crippen MR) is 78.3 cm³/mol. The van der Waals surface area contributed by atoms with Gasteiger partial charge in [-0.25, -0.2) is 0 Å². The zero-order chi connectivity index (χ0) is 14.9. The monoisotopic (exact) mass is 275 g/mol. The van der Waals surface area contributed by atoms with Crippen LogP contribution >= 0.6 is 0 Å². The Bertz CT molecular complexity index is 537. The van der Waals surface area contributed by atoms with E-state index in [0.29, 0.717) is 23.4 Å². The van der Waals surface area contributed by atoms with Crippen molar-refractivity contribution in [3.63, 3.8) is 0 Å². The van der Waals surface area contributed by atoms with Crippen LogP contribution in [0.1, 0.15) is 44.0 Å². The maximum absolute atomic E-state index is 12.3. The second kappa shape index (κ2) is 5.65. The number of ether oxygens (including phenoxy) is 1. The number of fused-ring (bicyclic) bond motifs is 1. The SMILES string of the molecule is CCCC(=O)c1ccc2c(c1)N(C)C(=O)C(C(C)C)O2. The van der Waals surface area contributed by atoms with Crippen LogP contribution in [0.4, 0.5) is 5.69 Å². The third-order valence-electron chi connectivity index (χ3n) is 3.55. The van der Waals surface area contributed by atoms with E-state index >= 15 is 0 Å². The number of hydrogen-bond acceptors (Lipinski definition) is 3. The molecular formula is C16H21NO3. The molecule has 0 N–H and O–H groups in total. The standard InChI is InChI=1S/C16H21NO3/c1-5-6-13(18)11-7-8-14-12(9-11)17(4)16(19)15(20-14)10(2)3/h7-10,15H,5-6H2,1-4H3. The van der Waals surface area contributed by atoms with Gasteiger partial charge in [0.1, 0.15) is 5.75 Å². The lowest BCUT2D eigenvalue weighted by Crippen LogP contribution is -2.46. The fourth-order valence-electron chi connectivity index (χ4n) is 2.34. The summed E-state index contributed by atoms with van der Waals surface area (Å²) in [7, 11) is 1.73. The molecule has 4 nitrogen and oxygen atoms in total. The molecule has 0 aromatic heterocycles. The zero-order valence-corrected chi connectivity index (χ0v) is 12.5. The van der Waals surface area contributed by atoms with Crippen LogP contribution in [0.5, 0.6) is 5.75 Å². The Morgan fingerprint density at radius 1 is 1.40 bits per heavy atom. The van der Waals surface area contributed by atoms with E-state index in [1.807, 2.05) is 20.8 Å². The molecule has 1 aliphatic heterocycles. The smallest absolute Gasteiger partial charge is 0.268 e. The third kappa shape index (κ3) is 2.55. The maximum atomic E-state index is 12.3. The van der Waals surface area contributed by atoms with Crippen LogP contribution in [0.2, 0.25) is 0 Å². The van der Waals surface area contributed by atoms with Crippen LogP contribution in [0.25, 0.3) is 0 Å². The minimum absolute atomic E-state index is 0.0624. The number of amides is 1. The van der Waals surface area contributed by atoms with Crippen LogP contribution in [-0.2, 0) is 4.79 Å². The third-order valence-corrected chi connectivity index (χ3v) is 3.55. The van der Waals surface area contributed by atoms with Gasteiger partial charge in [-0.1, -0.05) is 20.8 Å². The summed E-state index contributed by atoms with van der Waals surface area (Å²) < 4.78 is 5.77. The summed E-state index contributed by atoms with van der Waals surface area (Å²) in [6.45, 7) is 5.89. The molecule has 1 atom stereocenters. The van der Waals surface area contributed by atoms with Crippen molar-refractivity contribution in [1.82, 2.24) is 0 Å². The Kier molecular flexibility index (Phi) is 4.12. The highest BCUT2D eigenvalue weighted by Crippen LogP contribution is 2.35. The Labute approximate surface area is 119 Å². The van der Waals surface area contributed by atoms with Crippen LogP contribution in [0.3, 0.4) is 0 Å². The van der Waals surface area contributed by atoms with Crippen molar-refractivity contribution in [3.05, 3.63) is 23.8 Å². The van der Waals surface area contributed by atoms with Gasteiger partial charge in [-0.3, -0.25) is 9.59 Å². The molecule has 1 unspecified atom stereocenters. The Hall–Kier alpha value is -1.84. The summed E-state index contributed by atoms with van der Waals surface area (Å²) >= 11 is 0. The van der Waals surface area contributed by atoms with E-state index in [-0.39, 0.29) is 17.6 Å². The van der Waals surface area contributed by atoms with Crippen molar-refractivity contribution in [3.8, 4) is 5.75 Å². The van der Waals surface area contributed by atoms with E-state index in [1.54, 1.807) is 30.1 Å². The highest BCUT2D eigenvalue weighted by molar-refractivity contribution is 6.02. The largest absolute Gasteiger partial charge is 0.478 e. The topological polar surface area (TPSA) is 46.6 Å². The van der Waals surface area contributed by atoms with Gasteiger partial charge < -0.3 is 9.64 Å². The number of ketones is 1. The predicted octanol–water partition coefficient (Wildman–Crippen LogP) is 3.05. The second-order valence-corrected chi connectivity index (χ2v) is 5.54. The van der Waals surface area contributed by atoms with Gasteiger partial charge >= 0.3 is 0 Å². The molecule has 1 aromatic rings. The summed E-state index contributed by atoms with van der Waals surface area (Å²) in [6.07, 6.45) is 0.882. The van der Waals surface area contributed by atoms with E-state index in [1.165, 1.54) is 0 Å². The zero-order valence-electron chi connectivity index (χ0n) is 12.5. The van der Waals surface area contributed by atoms with E-state index in [0.717, 1.165) is 6.42 Å². The number of carbonyl (C=O) groups excluding carboxylic acids is 2. The summed E-state index contributed by atoms with van der Waals surface area (Å²) in [5.41, 5.74) is 1.31. The maximum Gasteiger partial charge on any atom is 0.268 e. The number of carbonyl (C=O) groups is 2. The fourth-order valence-corrected chi connectivity index (χ4v) is 2.34. The lowest BCUT2D eigenvalue weighted by Gasteiger charge is -2.34. The number of rotatable bonds is 4. The lowest BCUT2D eigenvalue weighted by atomic mass is 10.0. The van der Waals surface area contributed by atoms with E-state index in [2.05, 4.69) is 0 Å². The Balaban J connectivity index is 2.36. The minimum atomic E-state index is -0.454. The minimum Gasteiger partial charge on any atom is -0.478 e. The molecule has 0 aliphatic carbocycles. The van der Waals surface area contributed by atoms with Gasteiger partial charge in [-0.15, -0.1) is 0 Å². The molecule has 1 aliphatic rings. The summed E-state index contributed by atoms with van der Waals surface area (Å²) in [5, 5.41) is 0. The fraction of sp³-hybridized carbons (Fsp3) is 0.500. The molecular weight excluding hydrogens is 254 g/mol. The molecule has 0 saturated heterocycles. The number of hydrogen-bond donors (Lipinski definition) is 0. The summed E-state index contributed by atoms with van der Waals surface area (Å²) in [5.74, 6) is 0.813. The van der Waals surface area contributed by atoms with Crippen LogP contribution in [0, 0.1) is 5.92 Å². The van der Waals surface area contributed by atoms with Gasteiger partial charge in [-0.2, -0.15) is 0 Å². The van der Waals surface area contributed by atoms with E-state index in [9.17, 15) is 9.59 Å². The molecule has 0 radical (unpaired) electrons. The van der Waals surface area contributed by atoms with Gasteiger partial charge in [0, 0.05) is 19.0 Å². The van der Waals surface area contributed by atoms with Gasteiger partial charge in [0.2, 0.25) is 0 Å². The van der Waals surface area contributed by atoms with Crippen LogP contribution in [0.15, 0.2) is 18.2 Å². The normalized spacial score (nSPS) is 17.9. The average Bonchev–Trinajstić information content (AvgIpc) is 2.42. The first-order valence-corrected chi connectivity index (χ1v) is 7.07. The highest BCUT2D eigenvalue weighted by Gasteiger charge is 2.34. The highest BCUT2D eigenvalue weighted by atomic mass is 16.5. The van der Waals surface area contributed by atoms with Crippen LogP contribution in [-0.4, -0.2) is 24.8 Å². The van der Waals surface area contributed by atoms with Crippen molar-refractivity contribution < 1.29 is 14.3 Å². The molecule has 108 valence electrons. The van der Waals surface area contributed by atoms with Crippen molar-refractivity contribution in [2.75, 3.05) is 11.9 Å². The van der Waals surface area contributed by atoms with Crippen molar-refractivity contribution >= 4 is 17.4 Å². The molecule has 0 bridgehead atoms. The van der Waals surface area contributed by atoms with Crippen molar-refractivity contribution in [2.24, 2.45) is 5.92 Å². The molecule has 0 spiro atoms. The first kappa shape index (κ1) is 14.6. The molecule has 0 saturated carbocycles. The summed E-state index contributed by atoms with van der Waals surface area (Å²) in [6, 6.07) is 5.32. The Morgan fingerprint density at radius 2 is 2.10 bits per heavy atom. The lowest BCUT2D eigenvalue weighted by molar-refractivity contribution is -0.127. The number of likely N-dealkylation sites (N-methyl/N-ethyl adjacent to an activating group) is 1. The Morgan fingerprint density at radius 3 is 2.70 bits per heavy atom. The van der Waals surface area contributed by atoms with Gasteiger partial charge in [0.25, 0.3) is 5.91 Å². The molecule has 1 aromatic carbocycles. The summed E-state index contributed by atoms with van der Waals surface area (Å²) in [4.78, 5) is 25.8. The van der Waals surface area contributed by atoms with Gasteiger partial charge in [-0.05, 0) is 30.5 Å². The van der Waals surface area contributed by atoms with Crippen molar-refractivity contribution in [1.29, 1.82) is 0 Å². The van der Waals surface area contributed by atoms with Gasteiger partial charge in [0.05, 0.1) is 5.69 Å². The quantitative estimate of drug-likeness (QED) is 0.793. The number of benzene rings is 1. The molecule has 1 heterocycles. The van der Waals surface area contributed by atoms with Gasteiger partial charge in [0.15, 0.2) is 11.9 Å². The molecule has 2 rings (SSSR count). The average molecular weight is 275 g/mol. The molecule has 0 fully saturated rings.